The first-order valence-electron chi connectivity index (χ1n) is 4.55. The van der Waals surface area contributed by atoms with Crippen LogP contribution in [-0.4, -0.2) is 4.57 Å². The number of nitrogens with zero attached hydrogens (tertiary/aromatic N) is 1. The highest BCUT2D eigenvalue weighted by Crippen LogP contribution is 2.15. The molecule has 1 heterocycles. The van der Waals surface area contributed by atoms with Crippen molar-refractivity contribution in [2.24, 2.45) is 7.05 Å². The highest BCUT2D eigenvalue weighted by atomic mass is 19.1. The van der Waals surface area contributed by atoms with E-state index in [1.54, 1.807) is 0 Å². The number of halogens is 1. The molecule has 4 nitrogen and oxygen atoms in total. The Hall–Kier alpha value is -2.17. The van der Waals surface area contributed by atoms with Gasteiger partial charge in [0.25, 0.3) is 0 Å². The molecule has 0 radical (unpaired) electrons. The molecule has 5 heteroatoms. The first-order valence-corrected chi connectivity index (χ1v) is 4.55. The van der Waals surface area contributed by atoms with Crippen molar-refractivity contribution in [2.75, 3.05) is 0 Å². The van der Waals surface area contributed by atoms with Gasteiger partial charge in [-0.05, 0) is 29.8 Å². The van der Waals surface area contributed by atoms with Crippen molar-refractivity contribution in [3.05, 3.63) is 57.1 Å². The molecule has 0 fully saturated rings. The van der Waals surface area contributed by atoms with Crippen molar-refractivity contribution in [1.29, 1.82) is 0 Å². The fourth-order valence-corrected chi connectivity index (χ4v) is 1.39. The molecule has 0 aliphatic carbocycles. The van der Waals surface area contributed by atoms with Crippen LogP contribution in [0.1, 0.15) is 0 Å². The van der Waals surface area contributed by atoms with Gasteiger partial charge in [0, 0.05) is 13.1 Å². The van der Waals surface area contributed by atoms with E-state index in [1.807, 2.05) is 0 Å². The summed E-state index contributed by atoms with van der Waals surface area (Å²) in [6, 6.07) is 6.69. The lowest BCUT2D eigenvalue weighted by molar-refractivity contribution is 0.421. The average molecular weight is 221 g/mol. The minimum atomic E-state index is -0.744. The molecule has 1 aromatic heterocycles. The lowest BCUT2D eigenvalue weighted by atomic mass is 10.1. The van der Waals surface area contributed by atoms with Crippen molar-refractivity contribution >= 4 is 0 Å². The zero-order chi connectivity index (χ0) is 11.7. The summed E-state index contributed by atoms with van der Waals surface area (Å²) in [5.41, 5.74) is 0.248. The second-order valence-electron chi connectivity index (χ2n) is 3.28. The molecular formula is C11H8FNO3. The van der Waals surface area contributed by atoms with Crippen molar-refractivity contribution in [1.82, 2.24) is 4.57 Å². The maximum atomic E-state index is 12.7. The number of aromatic nitrogens is 1. The Morgan fingerprint density at radius 2 is 1.81 bits per heavy atom. The summed E-state index contributed by atoms with van der Waals surface area (Å²) in [5.74, 6) is -1.12. The van der Waals surface area contributed by atoms with E-state index in [2.05, 4.69) is 4.42 Å². The molecule has 0 aliphatic rings. The van der Waals surface area contributed by atoms with E-state index in [0.717, 1.165) is 0 Å². The largest absolute Gasteiger partial charge is 0.422 e. The van der Waals surface area contributed by atoms with Crippen LogP contribution in [0.4, 0.5) is 4.39 Å². The summed E-state index contributed by atoms with van der Waals surface area (Å²) < 4.78 is 18.3. The van der Waals surface area contributed by atoms with E-state index in [-0.39, 0.29) is 5.82 Å². The van der Waals surface area contributed by atoms with E-state index >= 15 is 0 Å². The van der Waals surface area contributed by atoms with Crippen LogP contribution >= 0.6 is 0 Å². The topological polar surface area (TPSA) is 52.2 Å². The standard InChI is InChI=1S/C11H8FNO3/c1-13-9(6-10(14)16-11(13)15)7-2-4-8(12)5-3-7/h2-6H,1H3. The fraction of sp³-hybridized carbons (Fsp3) is 0.0909. The Labute approximate surface area is 89.6 Å². The van der Waals surface area contributed by atoms with Crippen molar-refractivity contribution < 1.29 is 8.81 Å². The SMILES string of the molecule is Cn1c(-c2ccc(F)cc2)cc(=O)oc1=O. The lowest BCUT2D eigenvalue weighted by Gasteiger charge is -2.05. The molecule has 82 valence electrons. The molecule has 0 spiro atoms. The maximum Gasteiger partial charge on any atom is 0.422 e. The van der Waals surface area contributed by atoms with E-state index < -0.39 is 11.4 Å². The fourth-order valence-electron chi connectivity index (χ4n) is 1.39. The summed E-state index contributed by atoms with van der Waals surface area (Å²) in [6.45, 7) is 0. The van der Waals surface area contributed by atoms with Gasteiger partial charge < -0.3 is 4.42 Å². The second-order valence-corrected chi connectivity index (χ2v) is 3.28. The summed E-state index contributed by atoms with van der Waals surface area (Å²) in [6.07, 6.45) is 0. The molecular weight excluding hydrogens is 213 g/mol. The normalized spacial score (nSPS) is 10.4. The van der Waals surface area contributed by atoms with Gasteiger partial charge in [-0.15, -0.1) is 0 Å². The van der Waals surface area contributed by atoms with Gasteiger partial charge in [0.15, 0.2) is 0 Å². The molecule has 0 saturated heterocycles. The van der Waals surface area contributed by atoms with Crippen LogP contribution in [0.25, 0.3) is 11.3 Å². The molecule has 0 bridgehead atoms. The quantitative estimate of drug-likeness (QED) is 0.725. The highest BCUT2D eigenvalue weighted by molar-refractivity contribution is 5.58. The van der Waals surface area contributed by atoms with Crippen LogP contribution in [-0.2, 0) is 7.05 Å². The Kier molecular flexibility index (Phi) is 2.44. The lowest BCUT2D eigenvalue weighted by Crippen LogP contribution is -2.22. The van der Waals surface area contributed by atoms with Crippen molar-refractivity contribution in [3.8, 4) is 11.3 Å². The summed E-state index contributed by atoms with van der Waals surface area (Å²) in [4.78, 5) is 22.3. The third-order valence-corrected chi connectivity index (χ3v) is 2.22. The second kappa shape index (κ2) is 3.77. The third kappa shape index (κ3) is 1.79. The zero-order valence-electron chi connectivity index (χ0n) is 8.44. The van der Waals surface area contributed by atoms with Gasteiger partial charge in [-0.1, -0.05) is 0 Å². The number of benzene rings is 1. The Balaban J connectivity index is 2.69. The number of hydrogen-bond acceptors (Lipinski definition) is 3. The Bertz CT molecular complexity index is 625. The van der Waals surface area contributed by atoms with Gasteiger partial charge in [0.05, 0.1) is 5.69 Å². The summed E-state index contributed by atoms with van der Waals surface area (Å²) in [5, 5.41) is 0. The maximum absolute atomic E-state index is 12.7. The molecule has 0 saturated carbocycles. The van der Waals surface area contributed by atoms with E-state index in [0.29, 0.717) is 11.3 Å². The Morgan fingerprint density at radius 3 is 2.44 bits per heavy atom. The van der Waals surface area contributed by atoms with Gasteiger partial charge in [-0.2, -0.15) is 0 Å². The molecule has 0 amide bonds. The van der Waals surface area contributed by atoms with E-state index in [4.69, 9.17) is 0 Å². The van der Waals surface area contributed by atoms with Crippen LogP contribution in [0.5, 0.6) is 0 Å². The Morgan fingerprint density at radius 1 is 1.19 bits per heavy atom. The van der Waals surface area contributed by atoms with Crippen LogP contribution in [0.3, 0.4) is 0 Å². The van der Waals surface area contributed by atoms with Crippen LogP contribution in [0.15, 0.2) is 44.3 Å². The van der Waals surface area contributed by atoms with Crippen LogP contribution in [0.2, 0.25) is 0 Å². The van der Waals surface area contributed by atoms with Crippen molar-refractivity contribution in [2.45, 2.75) is 0 Å². The van der Waals surface area contributed by atoms with Crippen LogP contribution in [0, 0.1) is 5.82 Å². The van der Waals surface area contributed by atoms with Gasteiger partial charge in [-0.25, -0.2) is 14.0 Å². The van der Waals surface area contributed by atoms with Gasteiger partial charge in [0.1, 0.15) is 5.82 Å². The van der Waals surface area contributed by atoms with Gasteiger partial charge in [-0.3, -0.25) is 4.57 Å². The molecule has 1 aromatic carbocycles. The smallest absolute Gasteiger partial charge is 0.373 e. The molecule has 0 aliphatic heterocycles. The minimum absolute atomic E-state index is 0.378. The molecule has 0 unspecified atom stereocenters. The summed E-state index contributed by atoms with van der Waals surface area (Å²) in [7, 11) is 1.48. The van der Waals surface area contributed by atoms with Crippen LogP contribution < -0.4 is 11.4 Å². The molecule has 2 rings (SSSR count). The highest BCUT2D eigenvalue weighted by Gasteiger charge is 2.06. The molecule has 0 N–H and O–H groups in total. The molecule has 0 atom stereocenters. The molecule has 16 heavy (non-hydrogen) atoms. The number of rotatable bonds is 1. The number of hydrogen-bond donors (Lipinski definition) is 0. The van der Waals surface area contributed by atoms with E-state index in [9.17, 15) is 14.0 Å². The first-order chi connectivity index (χ1) is 7.58. The van der Waals surface area contributed by atoms with Crippen molar-refractivity contribution in [3.63, 3.8) is 0 Å². The predicted octanol–water partition coefficient (Wildman–Crippen LogP) is 1.14. The zero-order valence-corrected chi connectivity index (χ0v) is 8.44. The van der Waals surface area contributed by atoms with E-state index in [1.165, 1.54) is 41.9 Å². The summed E-state index contributed by atoms with van der Waals surface area (Å²) >= 11 is 0. The molecule has 2 aromatic rings. The predicted molar refractivity (Wildman–Crippen MR) is 55.6 cm³/mol. The minimum Gasteiger partial charge on any atom is -0.373 e. The monoisotopic (exact) mass is 221 g/mol. The first kappa shape index (κ1) is 10.4. The third-order valence-electron chi connectivity index (χ3n) is 2.22. The average Bonchev–Trinajstić information content (AvgIpc) is 2.25. The van der Waals surface area contributed by atoms with Gasteiger partial charge >= 0.3 is 11.4 Å². The van der Waals surface area contributed by atoms with Gasteiger partial charge in [0.2, 0.25) is 0 Å².